The van der Waals surface area contributed by atoms with Crippen molar-refractivity contribution < 1.29 is 0 Å². The molecule has 2 heterocycles. The molecule has 0 aliphatic heterocycles. The first kappa shape index (κ1) is 9.35. The van der Waals surface area contributed by atoms with Crippen molar-refractivity contribution in [1.82, 2.24) is 20.0 Å². The van der Waals surface area contributed by atoms with Crippen molar-refractivity contribution in [3.8, 4) is 0 Å². The molecule has 14 heavy (non-hydrogen) atoms. The summed E-state index contributed by atoms with van der Waals surface area (Å²) in [6, 6.07) is 0. The van der Waals surface area contributed by atoms with Crippen LogP contribution in [-0.4, -0.2) is 20.0 Å². The van der Waals surface area contributed by atoms with Gasteiger partial charge in [0.2, 0.25) is 5.13 Å². The average Bonchev–Trinajstić information content (AvgIpc) is 2.61. The lowest BCUT2D eigenvalue weighted by Gasteiger charge is -1.96. The summed E-state index contributed by atoms with van der Waals surface area (Å²) in [4.78, 5) is 0. The quantitative estimate of drug-likeness (QED) is 0.770. The fourth-order valence-electron chi connectivity index (χ4n) is 1.12. The summed E-state index contributed by atoms with van der Waals surface area (Å²) < 4.78 is 2.41. The van der Waals surface area contributed by atoms with Gasteiger partial charge in [0.05, 0.1) is 11.4 Å². The summed E-state index contributed by atoms with van der Waals surface area (Å²) in [7, 11) is 1.88. The number of hydrogen-bond acceptors (Lipinski definition) is 5. The molecule has 0 radical (unpaired) electrons. The number of nitrogens with one attached hydrogen (secondary N) is 2. The number of aromatic amines is 1. The molecule has 0 aliphatic rings. The molecular weight excluding hydrogens is 218 g/mol. The van der Waals surface area contributed by atoms with Gasteiger partial charge in [-0.1, -0.05) is 11.3 Å². The van der Waals surface area contributed by atoms with E-state index in [9.17, 15) is 0 Å². The molecule has 0 atom stereocenters. The lowest BCUT2D eigenvalue weighted by atomic mass is 10.4. The molecule has 0 spiro atoms. The molecule has 0 amide bonds. The zero-order valence-electron chi connectivity index (χ0n) is 7.74. The van der Waals surface area contributed by atoms with Gasteiger partial charge in [0.25, 0.3) is 0 Å². The first-order chi connectivity index (χ1) is 6.65. The van der Waals surface area contributed by atoms with E-state index >= 15 is 0 Å². The topological polar surface area (TPSA) is 58.5 Å². The van der Waals surface area contributed by atoms with Crippen molar-refractivity contribution in [2.75, 3.05) is 5.32 Å². The normalized spacial score (nSPS) is 10.4. The van der Waals surface area contributed by atoms with Crippen molar-refractivity contribution >= 4 is 34.4 Å². The number of rotatable bonds is 2. The Kier molecular flexibility index (Phi) is 2.34. The molecule has 2 aromatic rings. The molecule has 2 N–H and O–H groups in total. The second-order valence-electron chi connectivity index (χ2n) is 2.85. The summed E-state index contributed by atoms with van der Waals surface area (Å²) in [5, 5.41) is 14.8. The number of nitrogens with zero attached hydrogens (tertiary/aromatic N) is 3. The van der Waals surface area contributed by atoms with Gasteiger partial charge in [-0.15, -0.1) is 5.10 Å². The molecular formula is C7H9N5S2. The van der Waals surface area contributed by atoms with Crippen molar-refractivity contribution in [2.24, 2.45) is 7.05 Å². The zero-order valence-corrected chi connectivity index (χ0v) is 9.37. The number of aryl methyl sites for hydroxylation is 2. The standard InChI is InChI=1S/C7H9N5S2/c1-4-5(3-12(2)11-4)8-6-9-10-7(13)14-6/h3H,1-2H3,(H,8,9)(H,10,13). The molecule has 5 nitrogen and oxygen atoms in total. The first-order valence-corrected chi connectivity index (χ1v) is 5.20. The third kappa shape index (κ3) is 1.83. The summed E-state index contributed by atoms with van der Waals surface area (Å²) in [5.74, 6) is 0. The van der Waals surface area contributed by atoms with Gasteiger partial charge in [-0.05, 0) is 19.1 Å². The van der Waals surface area contributed by atoms with Crippen LogP contribution in [0.25, 0.3) is 0 Å². The van der Waals surface area contributed by atoms with Crippen molar-refractivity contribution in [2.45, 2.75) is 6.92 Å². The van der Waals surface area contributed by atoms with E-state index in [4.69, 9.17) is 12.2 Å². The SMILES string of the molecule is Cc1nn(C)cc1Nc1n[nH]c(=S)s1. The highest BCUT2D eigenvalue weighted by Crippen LogP contribution is 2.20. The summed E-state index contributed by atoms with van der Waals surface area (Å²) >= 11 is 6.33. The Bertz CT molecular complexity index is 494. The van der Waals surface area contributed by atoms with E-state index < -0.39 is 0 Å². The lowest BCUT2D eigenvalue weighted by Crippen LogP contribution is -1.89. The Morgan fingerprint density at radius 2 is 2.43 bits per heavy atom. The van der Waals surface area contributed by atoms with Crippen LogP contribution >= 0.6 is 23.6 Å². The van der Waals surface area contributed by atoms with Gasteiger partial charge in [0.15, 0.2) is 3.95 Å². The van der Waals surface area contributed by atoms with Crippen LogP contribution in [0.5, 0.6) is 0 Å². The minimum absolute atomic E-state index is 0.661. The predicted molar refractivity (Wildman–Crippen MR) is 58.5 cm³/mol. The zero-order chi connectivity index (χ0) is 10.1. The highest BCUT2D eigenvalue weighted by atomic mass is 32.1. The van der Waals surface area contributed by atoms with Gasteiger partial charge in [-0.25, -0.2) is 0 Å². The van der Waals surface area contributed by atoms with Crippen LogP contribution in [0.2, 0.25) is 0 Å². The maximum atomic E-state index is 4.93. The number of hydrogen-bond donors (Lipinski definition) is 2. The first-order valence-electron chi connectivity index (χ1n) is 3.98. The Morgan fingerprint density at radius 1 is 1.64 bits per heavy atom. The third-order valence-electron chi connectivity index (χ3n) is 1.69. The molecule has 0 unspecified atom stereocenters. The smallest absolute Gasteiger partial charge is 0.208 e. The molecule has 0 aromatic carbocycles. The van der Waals surface area contributed by atoms with Crippen LogP contribution in [0.1, 0.15) is 5.69 Å². The largest absolute Gasteiger partial charge is 0.327 e. The molecule has 2 rings (SSSR count). The summed E-state index contributed by atoms with van der Waals surface area (Å²) in [6.45, 7) is 1.94. The summed E-state index contributed by atoms with van der Waals surface area (Å²) in [5.41, 5.74) is 1.89. The fourth-order valence-corrected chi connectivity index (χ4v) is 1.92. The molecule has 0 fully saturated rings. The summed E-state index contributed by atoms with van der Waals surface area (Å²) in [6.07, 6.45) is 1.90. The van der Waals surface area contributed by atoms with Crippen LogP contribution in [0.15, 0.2) is 6.20 Å². The fraction of sp³-hybridized carbons (Fsp3) is 0.286. The molecule has 0 bridgehead atoms. The van der Waals surface area contributed by atoms with E-state index in [0.29, 0.717) is 3.95 Å². The highest BCUT2D eigenvalue weighted by molar-refractivity contribution is 7.73. The Labute approximate surface area is 89.8 Å². The van der Waals surface area contributed by atoms with E-state index in [1.165, 1.54) is 11.3 Å². The Morgan fingerprint density at radius 3 is 2.93 bits per heavy atom. The van der Waals surface area contributed by atoms with Crippen LogP contribution < -0.4 is 5.32 Å². The van der Waals surface area contributed by atoms with Crippen molar-refractivity contribution in [3.63, 3.8) is 0 Å². The van der Waals surface area contributed by atoms with E-state index in [-0.39, 0.29) is 0 Å². The van der Waals surface area contributed by atoms with Gasteiger partial charge in [0.1, 0.15) is 0 Å². The molecule has 7 heteroatoms. The monoisotopic (exact) mass is 227 g/mol. The van der Waals surface area contributed by atoms with E-state index in [1.807, 2.05) is 20.2 Å². The highest BCUT2D eigenvalue weighted by Gasteiger charge is 2.04. The van der Waals surface area contributed by atoms with Gasteiger partial charge in [-0.2, -0.15) is 5.10 Å². The predicted octanol–water partition coefficient (Wildman–Crippen LogP) is 1.99. The Balaban J connectivity index is 2.26. The van der Waals surface area contributed by atoms with Crippen LogP contribution in [0.3, 0.4) is 0 Å². The van der Waals surface area contributed by atoms with Gasteiger partial charge in [0, 0.05) is 13.2 Å². The molecule has 0 saturated carbocycles. The molecule has 0 aliphatic carbocycles. The lowest BCUT2D eigenvalue weighted by molar-refractivity contribution is 0.756. The minimum Gasteiger partial charge on any atom is -0.327 e. The van der Waals surface area contributed by atoms with Crippen LogP contribution in [0.4, 0.5) is 10.8 Å². The van der Waals surface area contributed by atoms with Crippen molar-refractivity contribution in [1.29, 1.82) is 0 Å². The number of aromatic nitrogens is 4. The minimum atomic E-state index is 0.661. The van der Waals surface area contributed by atoms with E-state index in [1.54, 1.807) is 4.68 Å². The number of anilines is 2. The number of H-pyrrole nitrogens is 1. The third-order valence-corrected chi connectivity index (χ3v) is 2.70. The second-order valence-corrected chi connectivity index (χ2v) is 4.51. The van der Waals surface area contributed by atoms with Crippen LogP contribution in [0, 0.1) is 10.9 Å². The molecule has 0 saturated heterocycles. The van der Waals surface area contributed by atoms with Gasteiger partial charge in [-0.3, -0.25) is 9.78 Å². The van der Waals surface area contributed by atoms with Crippen molar-refractivity contribution in [3.05, 3.63) is 15.8 Å². The second kappa shape index (κ2) is 3.50. The molecule has 2 aromatic heterocycles. The maximum Gasteiger partial charge on any atom is 0.208 e. The van der Waals surface area contributed by atoms with E-state index in [0.717, 1.165) is 16.5 Å². The van der Waals surface area contributed by atoms with Gasteiger partial charge < -0.3 is 5.32 Å². The molecule has 74 valence electrons. The maximum absolute atomic E-state index is 4.93. The van der Waals surface area contributed by atoms with Gasteiger partial charge >= 0.3 is 0 Å². The van der Waals surface area contributed by atoms with Crippen LogP contribution in [-0.2, 0) is 7.05 Å². The average molecular weight is 227 g/mol. The van der Waals surface area contributed by atoms with E-state index in [2.05, 4.69) is 20.6 Å². The Hall–Kier alpha value is -1.21.